The largest absolute Gasteiger partial charge is 0.381 e. The highest BCUT2D eigenvalue weighted by molar-refractivity contribution is 4.98. The van der Waals surface area contributed by atoms with Crippen molar-refractivity contribution in [3.63, 3.8) is 0 Å². The molecule has 0 aromatic heterocycles. The molecule has 0 aromatic carbocycles. The van der Waals surface area contributed by atoms with Gasteiger partial charge in [-0.1, -0.05) is 13.8 Å². The van der Waals surface area contributed by atoms with E-state index in [1.165, 1.54) is 45.2 Å². The molecule has 0 amide bonds. The van der Waals surface area contributed by atoms with E-state index in [-0.39, 0.29) is 5.54 Å². The number of ether oxygens (including phenoxy) is 1. The molecule has 3 heteroatoms. The standard InChI is InChI=1S/C15H30N2O/c1-12-6-9-17(10-13(12)2)15(11-16)7-4-14(18-3)5-8-15/h12-14H,4-11,16H2,1-3H3. The number of hydrogen-bond donors (Lipinski definition) is 1. The third-order valence-corrected chi connectivity index (χ3v) is 5.58. The van der Waals surface area contributed by atoms with Crippen LogP contribution in [0, 0.1) is 11.8 Å². The summed E-state index contributed by atoms with van der Waals surface area (Å²) in [6, 6.07) is 0. The Kier molecular flexibility index (Phi) is 4.68. The van der Waals surface area contributed by atoms with E-state index in [0.717, 1.165) is 18.4 Å². The van der Waals surface area contributed by atoms with E-state index in [9.17, 15) is 0 Å². The molecule has 2 unspecified atom stereocenters. The summed E-state index contributed by atoms with van der Waals surface area (Å²) in [6.45, 7) is 8.06. The number of hydrogen-bond acceptors (Lipinski definition) is 3. The fourth-order valence-corrected chi connectivity index (χ4v) is 3.71. The Morgan fingerprint density at radius 2 is 1.83 bits per heavy atom. The lowest BCUT2D eigenvalue weighted by Crippen LogP contribution is -2.59. The summed E-state index contributed by atoms with van der Waals surface area (Å²) in [5, 5.41) is 0. The molecule has 0 bridgehead atoms. The van der Waals surface area contributed by atoms with Gasteiger partial charge in [0.05, 0.1) is 6.10 Å². The van der Waals surface area contributed by atoms with Gasteiger partial charge in [-0.25, -0.2) is 0 Å². The van der Waals surface area contributed by atoms with Gasteiger partial charge in [-0.05, 0) is 50.5 Å². The van der Waals surface area contributed by atoms with Crippen LogP contribution >= 0.6 is 0 Å². The average molecular weight is 254 g/mol. The summed E-state index contributed by atoms with van der Waals surface area (Å²) in [4.78, 5) is 2.70. The Balaban J connectivity index is 2.00. The number of nitrogens with two attached hydrogens (primary N) is 1. The maximum atomic E-state index is 6.15. The monoisotopic (exact) mass is 254 g/mol. The Morgan fingerprint density at radius 3 is 2.33 bits per heavy atom. The van der Waals surface area contributed by atoms with Gasteiger partial charge in [0, 0.05) is 25.7 Å². The quantitative estimate of drug-likeness (QED) is 0.839. The van der Waals surface area contributed by atoms with E-state index in [0.29, 0.717) is 6.10 Å². The van der Waals surface area contributed by atoms with Crippen molar-refractivity contribution in [2.24, 2.45) is 17.6 Å². The van der Waals surface area contributed by atoms with Crippen molar-refractivity contribution in [3.05, 3.63) is 0 Å². The van der Waals surface area contributed by atoms with Crippen molar-refractivity contribution in [2.45, 2.75) is 57.6 Å². The Bertz CT molecular complexity index is 261. The van der Waals surface area contributed by atoms with Crippen LogP contribution in [0.15, 0.2) is 0 Å². The Morgan fingerprint density at radius 1 is 1.17 bits per heavy atom. The molecular weight excluding hydrogens is 224 g/mol. The fraction of sp³-hybridized carbons (Fsp3) is 1.00. The van der Waals surface area contributed by atoms with Gasteiger partial charge >= 0.3 is 0 Å². The van der Waals surface area contributed by atoms with Crippen LogP contribution in [-0.2, 0) is 4.74 Å². The van der Waals surface area contributed by atoms with E-state index in [1.54, 1.807) is 0 Å². The van der Waals surface area contributed by atoms with Crippen molar-refractivity contribution < 1.29 is 4.74 Å². The maximum absolute atomic E-state index is 6.15. The summed E-state index contributed by atoms with van der Waals surface area (Å²) in [5.41, 5.74) is 6.42. The van der Waals surface area contributed by atoms with E-state index in [1.807, 2.05) is 7.11 Å². The van der Waals surface area contributed by atoms with Crippen molar-refractivity contribution in [1.29, 1.82) is 0 Å². The molecule has 2 aliphatic rings. The molecule has 1 saturated carbocycles. The zero-order valence-corrected chi connectivity index (χ0v) is 12.3. The topological polar surface area (TPSA) is 38.5 Å². The first-order valence-corrected chi connectivity index (χ1v) is 7.59. The summed E-state index contributed by atoms with van der Waals surface area (Å²) in [5.74, 6) is 1.67. The molecule has 1 aliphatic heterocycles. The summed E-state index contributed by atoms with van der Waals surface area (Å²) < 4.78 is 5.50. The predicted molar refractivity (Wildman–Crippen MR) is 75.6 cm³/mol. The second kappa shape index (κ2) is 5.89. The third-order valence-electron chi connectivity index (χ3n) is 5.58. The fourth-order valence-electron chi connectivity index (χ4n) is 3.71. The van der Waals surface area contributed by atoms with Crippen LogP contribution in [-0.4, -0.2) is 43.3 Å². The van der Waals surface area contributed by atoms with Gasteiger partial charge in [-0.15, -0.1) is 0 Å². The normalized spacial score (nSPS) is 43.0. The van der Waals surface area contributed by atoms with Gasteiger partial charge in [0.15, 0.2) is 0 Å². The molecule has 2 N–H and O–H groups in total. The van der Waals surface area contributed by atoms with Crippen LogP contribution in [0.2, 0.25) is 0 Å². The average Bonchev–Trinajstić information content (AvgIpc) is 2.42. The molecule has 2 fully saturated rings. The molecule has 1 heterocycles. The molecular formula is C15H30N2O. The number of likely N-dealkylation sites (tertiary alicyclic amines) is 1. The first-order chi connectivity index (χ1) is 8.61. The lowest BCUT2D eigenvalue weighted by molar-refractivity contribution is -0.0305. The van der Waals surface area contributed by atoms with Gasteiger partial charge in [-0.3, -0.25) is 4.90 Å². The van der Waals surface area contributed by atoms with Gasteiger partial charge in [-0.2, -0.15) is 0 Å². The SMILES string of the molecule is COC1CCC(CN)(N2CCC(C)C(C)C2)CC1. The van der Waals surface area contributed by atoms with Crippen LogP contribution in [0.25, 0.3) is 0 Å². The Hall–Kier alpha value is -0.120. The summed E-state index contributed by atoms with van der Waals surface area (Å²) in [6.07, 6.45) is 6.57. The second-order valence-corrected chi connectivity index (χ2v) is 6.55. The molecule has 106 valence electrons. The van der Waals surface area contributed by atoms with Crippen LogP contribution in [0.1, 0.15) is 46.0 Å². The minimum absolute atomic E-state index is 0.267. The zero-order chi connectivity index (χ0) is 13.2. The van der Waals surface area contributed by atoms with Crippen molar-refractivity contribution in [2.75, 3.05) is 26.7 Å². The number of nitrogens with zero attached hydrogens (tertiary/aromatic N) is 1. The van der Waals surface area contributed by atoms with Crippen molar-refractivity contribution >= 4 is 0 Å². The van der Waals surface area contributed by atoms with E-state index in [4.69, 9.17) is 10.5 Å². The predicted octanol–water partition coefficient (Wildman–Crippen LogP) is 2.25. The van der Waals surface area contributed by atoms with Crippen LogP contribution in [0.3, 0.4) is 0 Å². The Labute approximate surface area is 112 Å². The highest BCUT2D eigenvalue weighted by atomic mass is 16.5. The minimum Gasteiger partial charge on any atom is -0.381 e. The summed E-state index contributed by atoms with van der Waals surface area (Å²) >= 11 is 0. The molecule has 0 aromatic rings. The number of methoxy groups -OCH3 is 1. The van der Waals surface area contributed by atoms with Crippen molar-refractivity contribution in [1.82, 2.24) is 4.90 Å². The zero-order valence-electron chi connectivity index (χ0n) is 12.3. The third kappa shape index (κ3) is 2.73. The van der Waals surface area contributed by atoms with Crippen molar-refractivity contribution in [3.8, 4) is 0 Å². The van der Waals surface area contributed by atoms with E-state index < -0.39 is 0 Å². The molecule has 2 atom stereocenters. The molecule has 0 spiro atoms. The molecule has 1 saturated heterocycles. The van der Waals surface area contributed by atoms with Gasteiger partial charge < -0.3 is 10.5 Å². The molecule has 3 nitrogen and oxygen atoms in total. The van der Waals surface area contributed by atoms with E-state index >= 15 is 0 Å². The van der Waals surface area contributed by atoms with Gasteiger partial charge in [0.2, 0.25) is 0 Å². The molecule has 18 heavy (non-hydrogen) atoms. The van der Waals surface area contributed by atoms with Crippen LogP contribution in [0.4, 0.5) is 0 Å². The van der Waals surface area contributed by atoms with Crippen LogP contribution in [0.5, 0.6) is 0 Å². The molecule has 2 rings (SSSR count). The lowest BCUT2D eigenvalue weighted by atomic mass is 9.76. The first kappa shape index (κ1) is 14.3. The van der Waals surface area contributed by atoms with Gasteiger partial charge in [0.1, 0.15) is 0 Å². The minimum atomic E-state index is 0.267. The van der Waals surface area contributed by atoms with Gasteiger partial charge in [0.25, 0.3) is 0 Å². The molecule has 0 radical (unpaired) electrons. The maximum Gasteiger partial charge on any atom is 0.0572 e. The number of piperidine rings is 1. The smallest absolute Gasteiger partial charge is 0.0572 e. The second-order valence-electron chi connectivity index (χ2n) is 6.55. The highest BCUT2D eigenvalue weighted by Crippen LogP contribution is 2.37. The lowest BCUT2D eigenvalue weighted by Gasteiger charge is -2.51. The van der Waals surface area contributed by atoms with E-state index in [2.05, 4.69) is 18.7 Å². The molecule has 1 aliphatic carbocycles. The summed E-state index contributed by atoms with van der Waals surface area (Å²) in [7, 11) is 1.84. The number of rotatable bonds is 3. The first-order valence-electron chi connectivity index (χ1n) is 7.59. The van der Waals surface area contributed by atoms with Crippen LogP contribution < -0.4 is 5.73 Å². The highest BCUT2D eigenvalue weighted by Gasteiger charge is 2.41.